The van der Waals surface area contributed by atoms with E-state index in [-0.39, 0.29) is 18.9 Å². The molecule has 1 aliphatic carbocycles. The van der Waals surface area contributed by atoms with Crippen molar-refractivity contribution in [1.82, 2.24) is 5.32 Å². The summed E-state index contributed by atoms with van der Waals surface area (Å²) in [5.74, 6) is -3.25. The summed E-state index contributed by atoms with van der Waals surface area (Å²) in [5.41, 5.74) is 3.66. The van der Waals surface area contributed by atoms with Gasteiger partial charge in [-0.05, 0) is 35.6 Å². The lowest BCUT2D eigenvalue weighted by molar-refractivity contribution is -0.149. The standard InChI is InChI=1S/C22H23NO5/c1-3-28-22(27)13(2)12-18(21(25)26)23-20(24)19-16-10-6-4-8-14(16)15-9-5-7-11-17(15)19/h4-11,13,18-19H,3,12H2,1-2H3,(H,23,24)(H,25,26)/t13-,18-/m1/s1. The van der Waals surface area contributed by atoms with Crippen molar-refractivity contribution in [2.75, 3.05) is 6.61 Å². The molecule has 3 rings (SSSR count). The fraction of sp³-hybridized carbons (Fsp3) is 0.318. The van der Waals surface area contributed by atoms with E-state index in [1.807, 2.05) is 48.5 Å². The van der Waals surface area contributed by atoms with Crippen molar-refractivity contribution in [1.29, 1.82) is 0 Å². The van der Waals surface area contributed by atoms with E-state index in [0.717, 1.165) is 22.3 Å². The van der Waals surface area contributed by atoms with Crippen molar-refractivity contribution in [3.8, 4) is 11.1 Å². The monoisotopic (exact) mass is 381 g/mol. The highest BCUT2D eigenvalue weighted by atomic mass is 16.5. The summed E-state index contributed by atoms with van der Waals surface area (Å²) in [6.07, 6.45) is -0.0318. The second-order valence-electron chi connectivity index (χ2n) is 6.90. The van der Waals surface area contributed by atoms with Gasteiger partial charge in [0, 0.05) is 0 Å². The number of fused-ring (bicyclic) bond motifs is 3. The number of benzene rings is 2. The van der Waals surface area contributed by atoms with Gasteiger partial charge in [-0.3, -0.25) is 9.59 Å². The molecule has 146 valence electrons. The minimum absolute atomic E-state index is 0.0318. The Bertz CT molecular complexity index is 862. The summed E-state index contributed by atoms with van der Waals surface area (Å²) in [5, 5.41) is 12.2. The molecule has 0 radical (unpaired) electrons. The Morgan fingerprint density at radius 1 is 1.04 bits per heavy atom. The number of carboxylic acids is 1. The Morgan fingerprint density at radius 3 is 2.07 bits per heavy atom. The molecule has 28 heavy (non-hydrogen) atoms. The van der Waals surface area contributed by atoms with E-state index in [0.29, 0.717) is 0 Å². The molecule has 0 aliphatic heterocycles. The maximum Gasteiger partial charge on any atom is 0.326 e. The zero-order valence-corrected chi connectivity index (χ0v) is 15.8. The molecule has 6 heteroatoms. The number of ether oxygens (including phenoxy) is 1. The van der Waals surface area contributed by atoms with E-state index in [9.17, 15) is 19.5 Å². The van der Waals surface area contributed by atoms with Gasteiger partial charge in [-0.1, -0.05) is 55.5 Å². The number of aliphatic carboxylic acids is 1. The Balaban J connectivity index is 1.83. The number of rotatable bonds is 7. The first-order valence-electron chi connectivity index (χ1n) is 9.32. The van der Waals surface area contributed by atoms with Crippen LogP contribution in [0.4, 0.5) is 0 Å². The number of hydrogen-bond acceptors (Lipinski definition) is 4. The van der Waals surface area contributed by atoms with Gasteiger partial charge in [0.25, 0.3) is 0 Å². The molecule has 1 aliphatic rings. The molecule has 0 saturated carbocycles. The Kier molecular flexibility index (Phi) is 5.78. The van der Waals surface area contributed by atoms with Gasteiger partial charge in [0.1, 0.15) is 6.04 Å². The van der Waals surface area contributed by atoms with Crippen molar-refractivity contribution in [3.05, 3.63) is 59.7 Å². The number of carboxylic acid groups (broad SMARTS) is 1. The molecule has 2 N–H and O–H groups in total. The minimum Gasteiger partial charge on any atom is -0.480 e. The predicted molar refractivity (Wildman–Crippen MR) is 104 cm³/mol. The number of carbonyl (C=O) groups excluding carboxylic acids is 2. The van der Waals surface area contributed by atoms with Crippen LogP contribution in [-0.4, -0.2) is 35.6 Å². The normalized spacial score (nSPS) is 14.5. The first-order valence-corrected chi connectivity index (χ1v) is 9.32. The first-order chi connectivity index (χ1) is 13.4. The smallest absolute Gasteiger partial charge is 0.326 e. The van der Waals surface area contributed by atoms with Gasteiger partial charge >= 0.3 is 11.9 Å². The van der Waals surface area contributed by atoms with Gasteiger partial charge < -0.3 is 15.2 Å². The summed E-state index contributed by atoms with van der Waals surface area (Å²) in [6, 6.07) is 14.1. The minimum atomic E-state index is -1.18. The van der Waals surface area contributed by atoms with Crippen molar-refractivity contribution in [2.45, 2.75) is 32.2 Å². The number of amides is 1. The van der Waals surface area contributed by atoms with Gasteiger partial charge in [-0.25, -0.2) is 4.79 Å². The molecular weight excluding hydrogens is 358 g/mol. The van der Waals surface area contributed by atoms with E-state index >= 15 is 0 Å². The number of carbonyl (C=O) groups is 3. The third-order valence-electron chi connectivity index (χ3n) is 4.99. The van der Waals surface area contributed by atoms with Crippen LogP contribution in [0.25, 0.3) is 11.1 Å². The lowest BCUT2D eigenvalue weighted by Crippen LogP contribution is -2.44. The van der Waals surface area contributed by atoms with E-state index < -0.39 is 29.8 Å². The summed E-state index contributed by atoms with van der Waals surface area (Å²) in [6.45, 7) is 3.51. The number of nitrogens with one attached hydrogen (secondary N) is 1. The van der Waals surface area contributed by atoms with Crippen LogP contribution in [0.5, 0.6) is 0 Å². The molecule has 0 saturated heterocycles. The van der Waals surface area contributed by atoms with E-state index in [1.54, 1.807) is 13.8 Å². The maximum absolute atomic E-state index is 13.1. The third kappa shape index (κ3) is 3.76. The molecule has 0 bridgehead atoms. The Labute approximate surface area is 163 Å². The van der Waals surface area contributed by atoms with Crippen LogP contribution >= 0.6 is 0 Å². The van der Waals surface area contributed by atoms with E-state index in [1.165, 1.54) is 0 Å². The molecule has 2 aromatic carbocycles. The van der Waals surface area contributed by atoms with Crippen LogP contribution in [0.15, 0.2) is 48.5 Å². The Morgan fingerprint density at radius 2 is 1.57 bits per heavy atom. The van der Waals surface area contributed by atoms with Gasteiger partial charge in [0.2, 0.25) is 5.91 Å². The summed E-state index contributed by atoms with van der Waals surface area (Å²) < 4.78 is 4.94. The largest absolute Gasteiger partial charge is 0.480 e. The second-order valence-corrected chi connectivity index (χ2v) is 6.90. The molecular formula is C22H23NO5. The molecule has 0 unspecified atom stereocenters. The van der Waals surface area contributed by atoms with Crippen LogP contribution < -0.4 is 5.32 Å². The predicted octanol–water partition coefficient (Wildman–Crippen LogP) is 2.96. The zero-order valence-electron chi connectivity index (χ0n) is 15.8. The zero-order chi connectivity index (χ0) is 20.3. The fourth-order valence-electron chi connectivity index (χ4n) is 3.65. The van der Waals surface area contributed by atoms with E-state index in [2.05, 4.69) is 5.32 Å². The quantitative estimate of drug-likeness (QED) is 0.720. The first kappa shape index (κ1) is 19.6. The van der Waals surface area contributed by atoms with Crippen LogP contribution in [-0.2, 0) is 19.1 Å². The molecule has 2 atom stereocenters. The van der Waals surface area contributed by atoms with Crippen molar-refractivity contribution < 1.29 is 24.2 Å². The lowest BCUT2D eigenvalue weighted by Gasteiger charge is -2.21. The molecule has 1 amide bonds. The number of esters is 1. The highest BCUT2D eigenvalue weighted by Gasteiger charge is 2.36. The van der Waals surface area contributed by atoms with Gasteiger partial charge in [-0.15, -0.1) is 0 Å². The highest BCUT2D eigenvalue weighted by Crippen LogP contribution is 2.44. The molecule has 0 heterocycles. The fourth-order valence-corrected chi connectivity index (χ4v) is 3.65. The van der Waals surface area contributed by atoms with Crippen molar-refractivity contribution >= 4 is 17.8 Å². The second kappa shape index (κ2) is 8.25. The van der Waals surface area contributed by atoms with E-state index in [4.69, 9.17) is 4.74 Å². The molecule has 0 fully saturated rings. The average molecular weight is 381 g/mol. The molecule has 6 nitrogen and oxygen atoms in total. The van der Waals surface area contributed by atoms with Crippen molar-refractivity contribution in [3.63, 3.8) is 0 Å². The van der Waals surface area contributed by atoms with Gasteiger partial charge in [-0.2, -0.15) is 0 Å². The van der Waals surface area contributed by atoms with Crippen LogP contribution in [0.1, 0.15) is 37.3 Å². The number of hydrogen-bond donors (Lipinski definition) is 2. The van der Waals surface area contributed by atoms with Crippen molar-refractivity contribution in [2.24, 2.45) is 5.92 Å². The van der Waals surface area contributed by atoms with Crippen LogP contribution in [0.3, 0.4) is 0 Å². The average Bonchev–Trinajstić information content (AvgIpc) is 3.02. The lowest BCUT2D eigenvalue weighted by atomic mass is 9.94. The van der Waals surface area contributed by atoms with Gasteiger partial charge in [0.05, 0.1) is 18.4 Å². The SMILES string of the molecule is CCOC(=O)[C@H](C)C[C@@H](NC(=O)C1c2ccccc2-c2ccccc21)C(=O)O. The summed E-state index contributed by atoms with van der Waals surface area (Å²) >= 11 is 0. The van der Waals surface area contributed by atoms with Crippen LogP contribution in [0.2, 0.25) is 0 Å². The topological polar surface area (TPSA) is 92.7 Å². The molecule has 0 spiro atoms. The Hall–Kier alpha value is -3.15. The van der Waals surface area contributed by atoms with Crippen LogP contribution in [0, 0.1) is 5.92 Å². The maximum atomic E-state index is 13.1. The molecule has 0 aromatic heterocycles. The molecule has 2 aromatic rings. The third-order valence-corrected chi connectivity index (χ3v) is 4.99. The highest BCUT2D eigenvalue weighted by molar-refractivity contribution is 5.97. The van der Waals surface area contributed by atoms with Gasteiger partial charge in [0.15, 0.2) is 0 Å². The summed E-state index contributed by atoms with van der Waals surface area (Å²) in [4.78, 5) is 36.6. The summed E-state index contributed by atoms with van der Waals surface area (Å²) in [7, 11) is 0.